The minimum Gasteiger partial charge on any atom is -0.469 e. The number of rotatable bonds is 18. The Morgan fingerprint density at radius 1 is 0.364 bits per heavy atom. The molecule has 0 aromatic rings. The molecule has 0 radical (unpaired) electrons. The zero-order chi connectivity index (χ0) is 24.9. The van der Waals surface area contributed by atoms with E-state index in [2.05, 4.69) is 9.47 Å². The van der Waals surface area contributed by atoms with E-state index in [9.17, 15) is 28.8 Å². The first-order valence-electron chi connectivity index (χ1n) is 11.4. The quantitative estimate of drug-likeness (QED) is 0.126. The average molecular weight is 473 g/mol. The van der Waals surface area contributed by atoms with Crippen LogP contribution in [0.3, 0.4) is 0 Å². The van der Waals surface area contributed by atoms with E-state index >= 15 is 0 Å². The van der Waals surface area contributed by atoms with Crippen LogP contribution in [0.4, 0.5) is 0 Å². The van der Waals surface area contributed by atoms with Crippen molar-refractivity contribution in [3.05, 3.63) is 0 Å². The normalized spacial score (nSPS) is 10.2. The van der Waals surface area contributed by atoms with Crippen molar-refractivity contribution in [1.29, 1.82) is 0 Å². The maximum Gasteiger partial charge on any atom is 0.313 e. The standard InChI is InChI=1S/C23H36O10/c1-30-18(24)12-8-10-16-22(28)32-20(26)14-6-4-3-5-7-15-21(27)33-23(29)17-11-9-13-19(25)31-2/h3-17H2,1-2H3. The van der Waals surface area contributed by atoms with Crippen LogP contribution in [-0.4, -0.2) is 50.0 Å². The summed E-state index contributed by atoms with van der Waals surface area (Å²) in [7, 11) is 2.60. The van der Waals surface area contributed by atoms with Gasteiger partial charge in [-0.05, 0) is 38.5 Å². The lowest BCUT2D eigenvalue weighted by Crippen LogP contribution is -2.12. The number of hydrogen-bond donors (Lipinski definition) is 0. The molecular formula is C23H36O10. The molecule has 0 saturated carbocycles. The van der Waals surface area contributed by atoms with Crippen molar-refractivity contribution in [2.45, 2.75) is 96.3 Å². The minimum absolute atomic E-state index is 0.0782. The Morgan fingerprint density at radius 3 is 0.848 bits per heavy atom. The molecule has 0 aromatic carbocycles. The lowest BCUT2D eigenvalue weighted by atomic mass is 10.1. The fraction of sp³-hybridized carbons (Fsp3) is 0.739. The van der Waals surface area contributed by atoms with Crippen molar-refractivity contribution in [1.82, 2.24) is 0 Å². The number of carbonyl (C=O) groups excluding carboxylic acids is 6. The van der Waals surface area contributed by atoms with Gasteiger partial charge in [-0.25, -0.2) is 0 Å². The molecule has 33 heavy (non-hydrogen) atoms. The van der Waals surface area contributed by atoms with E-state index in [0.717, 1.165) is 19.3 Å². The van der Waals surface area contributed by atoms with Crippen molar-refractivity contribution in [2.75, 3.05) is 14.2 Å². The molecule has 188 valence electrons. The third kappa shape index (κ3) is 19.6. The third-order valence-corrected chi connectivity index (χ3v) is 4.70. The summed E-state index contributed by atoms with van der Waals surface area (Å²) in [5.41, 5.74) is 0. The van der Waals surface area contributed by atoms with E-state index in [1.54, 1.807) is 0 Å². The topological polar surface area (TPSA) is 139 Å². The Balaban J connectivity index is 3.61. The SMILES string of the molecule is COC(=O)CCCCC(=O)OC(=O)CCCCCCCC(=O)OC(=O)CCCCC(=O)OC. The monoisotopic (exact) mass is 472 g/mol. The van der Waals surface area contributed by atoms with Gasteiger partial charge in [0.25, 0.3) is 0 Å². The predicted molar refractivity (Wildman–Crippen MR) is 115 cm³/mol. The zero-order valence-electron chi connectivity index (χ0n) is 19.7. The van der Waals surface area contributed by atoms with Crippen LogP contribution in [0.5, 0.6) is 0 Å². The lowest BCUT2D eigenvalue weighted by molar-refractivity contribution is -0.161. The second-order valence-electron chi connectivity index (χ2n) is 7.53. The molecule has 0 aliphatic heterocycles. The first-order valence-corrected chi connectivity index (χ1v) is 11.4. The number of hydrogen-bond acceptors (Lipinski definition) is 10. The summed E-state index contributed by atoms with van der Waals surface area (Å²) in [5, 5.41) is 0. The van der Waals surface area contributed by atoms with Crippen LogP contribution in [-0.2, 0) is 47.7 Å². The van der Waals surface area contributed by atoms with Gasteiger partial charge in [-0.2, -0.15) is 0 Å². The van der Waals surface area contributed by atoms with Gasteiger partial charge in [0.1, 0.15) is 0 Å². The van der Waals surface area contributed by atoms with E-state index in [0.29, 0.717) is 38.5 Å². The molecular weight excluding hydrogens is 436 g/mol. The van der Waals surface area contributed by atoms with Crippen LogP contribution in [0.15, 0.2) is 0 Å². The van der Waals surface area contributed by atoms with Crippen molar-refractivity contribution >= 4 is 35.8 Å². The molecule has 0 atom stereocenters. The molecule has 0 saturated heterocycles. The smallest absolute Gasteiger partial charge is 0.313 e. The summed E-state index contributed by atoms with van der Waals surface area (Å²) in [6, 6.07) is 0. The highest BCUT2D eigenvalue weighted by Crippen LogP contribution is 2.10. The van der Waals surface area contributed by atoms with Crippen LogP contribution < -0.4 is 0 Å². The van der Waals surface area contributed by atoms with Crippen molar-refractivity contribution in [3.8, 4) is 0 Å². The summed E-state index contributed by atoms with van der Waals surface area (Å²) in [6.07, 6.45) is 6.21. The summed E-state index contributed by atoms with van der Waals surface area (Å²) in [4.78, 5) is 68.3. The Hall–Kier alpha value is -2.78. The van der Waals surface area contributed by atoms with Gasteiger partial charge in [0, 0.05) is 38.5 Å². The molecule has 0 bridgehead atoms. The predicted octanol–water partition coefficient (Wildman–Crippen LogP) is 3.32. The molecule has 0 aliphatic carbocycles. The van der Waals surface area contributed by atoms with E-state index in [4.69, 9.17) is 9.47 Å². The fourth-order valence-electron chi connectivity index (χ4n) is 2.81. The molecule has 10 heteroatoms. The molecule has 0 aromatic heterocycles. The van der Waals surface area contributed by atoms with Crippen LogP contribution in [0, 0.1) is 0 Å². The number of esters is 6. The highest BCUT2D eigenvalue weighted by Gasteiger charge is 2.12. The number of ether oxygens (including phenoxy) is 4. The van der Waals surface area contributed by atoms with Gasteiger partial charge in [0.05, 0.1) is 14.2 Å². The first-order chi connectivity index (χ1) is 15.8. The van der Waals surface area contributed by atoms with Gasteiger partial charge in [-0.3, -0.25) is 28.8 Å². The van der Waals surface area contributed by atoms with Gasteiger partial charge < -0.3 is 18.9 Å². The molecule has 0 spiro atoms. The van der Waals surface area contributed by atoms with Gasteiger partial charge in [-0.15, -0.1) is 0 Å². The van der Waals surface area contributed by atoms with Gasteiger partial charge in [-0.1, -0.05) is 19.3 Å². The highest BCUT2D eigenvalue weighted by atomic mass is 16.6. The third-order valence-electron chi connectivity index (χ3n) is 4.70. The minimum atomic E-state index is -0.596. The summed E-state index contributed by atoms with van der Waals surface area (Å²) < 4.78 is 18.4. The van der Waals surface area contributed by atoms with Crippen molar-refractivity contribution in [3.63, 3.8) is 0 Å². The van der Waals surface area contributed by atoms with Crippen LogP contribution in [0.2, 0.25) is 0 Å². The molecule has 10 nitrogen and oxygen atoms in total. The second kappa shape index (κ2) is 19.9. The maximum atomic E-state index is 11.6. The molecule has 0 rings (SSSR count). The van der Waals surface area contributed by atoms with E-state index in [-0.39, 0.29) is 50.5 Å². The van der Waals surface area contributed by atoms with Crippen LogP contribution in [0.1, 0.15) is 96.3 Å². The van der Waals surface area contributed by atoms with E-state index in [1.165, 1.54) is 14.2 Å². The first kappa shape index (κ1) is 30.2. The van der Waals surface area contributed by atoms with Crippen molar-refractivity contribution < 1.29 is 47.7 Å². The second-order valence-corrected chi connectivity index (χ2v) is 7.53. The molecule has 0 fully saturated rings. The van der Waals surface area contributed by atoms with Gasteiger partial charge in [0.15, 0.2) is 0 Å². The number of carbonyl (C=O) groups is 6. The fourth-order valence-corrected chi connectivity index (χ4v) is 2.81. The van der Waals surface area contributed by atoms with E-state index < -0.39 is 23.9 Å². The summed E-state index contributed by atoms with van der Waals surface area (Å²) >= 11 is 0. The summed E-state index contributed by atoms with van der Waals surface area (Å²) in [5.74, 6) is -3.01. The average Bonchev–Trinajstić information content (AvgIpc) is 2.78. The number of methoxy groups -OCH3 is 2. The lowest BCUT2D eigenvalue weighted by Gasteiger charge is -2.04. The van der Waals surface area contributed by atoms with Crippen LogP contribution >= 0.6 is 0 Å². The molecule has 0 heterocycles. The zero-order valence-corrected chi connectivity index (χ0v) is 19.7. The largest absolute Gasteiger partial charge is 0.469 e. The number of unbranched alkanes of at least 4 members (excludes halogenated alkanes) is 6. The van der Waals surface area contributed by atoms with E-state index in [1.807, 2.05) is 0 Å². The highest BCUT2D eigenvalue weighted by molar-refractivity contribution is 5.85. The Kier molecular flexibility index (Phi) is 18.2. The Morgan fingerprint density at radius 2 is 0.576 bits per heavy atom. The molecule has 0 aliphatic rings. The Labute approximate surface area is 194 Å². The molecule has 0 amide bonds. The van der Waals surface area contributed by atoms with Gasteiger partial charge in [0.2, 0.25) is 0 Å². The maximum absolute atomic E-state index is 11.6. The summed E-state index contributed by atoms with van der Waals surface area (Å²) in [6.45, 7) is 0. The van der Waals surface area contributed by atoms with Gasteiger partial charge >= 0.3 is 35.8 Å². The molecule has 0 N–H and O–H groups in total. The molecule has 0 unspecified atom stereocenters. The van der Waals surface area contributed by atoms with Crippen LogP contribution in [0.25, 0.3) is 0 Å². The Bertz CT molecular complexity index is 587. The van der Waals surface area contributed by atoms with Crippen molar-refractivity contribution in [2.24, 2.45) is 0 Å².